The minimum atomic E-state index is 0. The first-order chi connectivity index (χ1) is 6.63. The topological polar surface area (TPSA) is 0 Å². The number of hydrogen-bond donors (Lipinski definition) is 0. The van der Waals surface area contributed by atoms with Gasteiger partial charge in [-0.1, -0.05) is 27.7 Å². The molecule has 0 N–H and O–H groups in total. The first kappa shape index (κ1) is 15.1. The van der Waals surface area contributed by atoms with E-state index in [1.165, 1.54) is 29.9 Å². The molecule has 0 spiro atoms. The molecule has 1 heterocycles. The third-order valence-corrected chi connectivity index (χ3v) is 3.91. The predicted molar refractivity (Wildman–Crippen MR) is 65.1 cm³/mol. The van der Waals surface area contributed by atoms with Crippen LogP contribution in [-0.2, 0) is 26.2 Å². The Morgan fingerprint density at radius 2 is 2.00 bits per heavy atom. The zero-order valence-corrected chi connectivity index (χ0v) is 13.2. The third-order valence-electron chi connectivity index (χ3n) is 2.57. The van der Waals surface area contributed by atoms with Crippen LogP contribution in [0.5, 0.6) is 0 Å². The standard InChI is InChI=1S/C8H12P.C5H5.Zr/c1-5-6(2)8(4)9-7(5)3;1-2-4-5-3-1;/h1-4H3;1-3H,4H2;/q2*-1;+2. The molecule has 1 aromatic rings. The molecule has 1 aliphatic rings. The Morgan fingerprint density at radius 1 is 1.33 bits per heavy atom. The molecule has 0 radical (unpaired) electrons. The van der Waals surface area contributed by atoms with Gasteiger partial charge < -0.3 is 0 Å². The number of aryl methyl sites for hydroxylation is 2. The molecule has 2 heteroatoms. The summed E-state index contributed by atoms with van der Waals surface area (Å²) in [5.41, 5.74) is 2.99. The largest absolute Gasteiger partial charge is 2.00 e. The molecule has 1 aliphatic carbocycles. The van der Waals surface area contributed by atoms with E-state index in [-0.39, 0.29) is 26.2 Å². The van der Waals surface area contributed by atoms with Crippen LogP contribution in [0.2, 0.25) is 0 Å². The average Bonchev–Trinajstić information content (AvgIpc) is 2.78. The first-order valence-electron chi connectivity index (χ1n) is 4.91. The van der Waals surface area contributed by atoms with Crippen LogP contribution in [0.4, 0.5) is 0 Å². The maximum atomic E-state index is 2.99. The van der Waals surface area contributed by atoms with Gasteiger partial charge >= 0.3 is 26.2 Å². The molecule has 0 amide bonds. The van der Waals surface area contributed by atoms with E-state index in [4.69, 9.17) is 0 Å². The predicted octanol–water partition coefficient (Wildman–Crippen LogP) is 4.52. The summed E-state index contributed by atoms with van der Waals surface area (Å²) in [7, 11) is 1.44. The van der Waals surface area contributed by atoms with Crippen LogP contribution in [0, 0.1) is 33.8 Å². The summed E-state index contributed by atoms with van der Waals surface area (Å²) >= 11 is 0. The molecule has 0 fully saturated rings. The second kappa shape index (κ2) is 7.42. The minimum absolute atomic E-state index is 0. The van der Waals surface area contributed by atoms with Crippen LogP contribution >= 0.6 is 8.19 Å². The normalized spacial score (nSPS) is 12.5. The van der Waals surface area contributed by atoms with Gasteiger partial charge in [0.1, 0.15) is 0 Å². The van der Waals surface area contributed by atoms with Crippen molar-refractivity contribution in [2.24, 2.45) is 0 Å². The molecule has 0 aliphatic heterocycles. The van der Waals surface area contributed by atoms with Crippen LogP contribution in [-0.4, -0.2) is 0 Å². The maximum Gasteiger partial charge on any atom is 2.00 e. The summed E-state index contributed by atoms with van der Waals surface area (Å²) in [6.07, 6.45) is 10.0. The van der Waals surface area contributed by atoms with Crippen molar-refractivity contribution >= 4 is 8.19 Å². The van der Waals surface area contributed by atoms with Gasteiger partial charge in [0, 0.05) is 0 Å². The van der Waals surface area contributed by atoms with E-state index in [0.29, 0.717) is 0 Å². The Balaban J connectivity index is 0.000000280. The van der Waals surface area contributed by atoms with E-state index >= 15 is 0 Å². The van der Waals surface area contributed by atoms with Crippen LogP contribution < -0.4 is 0 Å². The molecule has 0 saturated carbocycles. The number of allylic oxidation sites excluding steroid dienone is 4. The third kappa shape index (κ3) is 4.67. The molecule has 0 atom stereocenters. The SMILES string of the molecule is Cc1p[c-](C)c(C)c1C.[C-]1=CC=CC1.[Zr+2]. The van der Waals surface area contributed by atoms with Gasteiger partial charge in [-0.3, -0.25) is 6.08 Å². The molecule has 2 rings (SSSR count). The zero-order valence-electron chi connectivity index (χ0n) is 9.89. The fraction of sp³-hybridized carbons (Fsp3) is 0.385. The van der Waals surface area contributed by atoms with E-state index in [1.54, 1.807) is 0 Å². The summed E-state index contributed by atoms with van der Waals surface area (Å²) in [6.45, 7) is 8.82. The van der Waals surface area contributed by atoms with Crippen molar-refractivity contribution in [3.8, 4) is 0 Å². The minimum Gasteiger partial charge on any atom is -0.273 e. The molecule has 0 saturated heterocycles. The zero-order chi connectivity index (χ0) is 10.6. The molecular formula is C13H17PZr. The van der Waals surface area contributed by atoms with Crippen LogP contribution in [0.1, 0.15) is 28.1 Å². The van der Waals surface area contributed by atoms with Gasteiger partial charge in [-0.2, -0.15) is 22.5 Å². The maximum absolute atomic E-state index is 2.99. The summed E-state index contributed by atoms with van der Waals surface area (Å²) < 4.78 is 0. The Kier molecular flexibility index (Phi) is 7.49. The molecule has 0 unspecified atom stereocenters. The van der Waals surface area contributed by atoms with E-state index in [9.17, 15) is 0 Å². The second-order valence-corrected chi connectivity index (χ2v) is 5.10. The van der Waals surface area contributed by atoms with Gasteiger partial charge in [0.15, 0.2) is 0 Å². The van der Waals surface area contributed by atoms with Gasteiger partial charge in [-0.15, -0.1) is 11.7 Å². The molecule has 78 valence electrons. The van der Waals surface area contributed by atoms with E-state index in [0.717, 1.165) is 6.42 Å². The summed E-state index contributed by atoms with van der Waals surface area (Å²) in [4.78, 5) is 0. The van der Waals surface area contributed by atoms with Crippen molar-refractivity contribution in [2.75, 3.05) is 0 Å². The monoisotopic (exact) mass is 294 g/mol. The Labute approximate surface area is 114 Å². The van der Waals surface area contributed by atoms with E-state index in [2.05, 4.69) is 39.8 Å². The number of rotatable bonds is 0. The van der Waals surface area contributed by atoms with Crippen LogP contribution in [0.15, 0.2) is 18.2 Å². The van der Waals surface area contributed by atoms with Crippen molar-refractivity contribution in [1.29, 1.82) is 0 Å². The molecule has 0 bridgehead atoms. The summed E-state index contributed by atoms with van der Waals surface area (Å²) in [6, 6.07) is 0. The Bertz CT molecular complexity index is 326. The van der Waals surface area contributed by atoms with Gasteiger partial charge in [0.05, 0.1) is 0 Å². The van der Waals surface area contributed by atoms with E-state index < -0.39 is 0 Å². The van der Waals surface area contributed by atoms with Crippen molar-refractivity contribution in [1.82, 2.24) is 0 Å². The fourth-order valence-electron chi connectivity index (χ4n) is 1.30. The average molecular weight is 295 g/mol. The van der Waals surface area contributed by atoms with Crippen molar-refractivity contribution in [3.63, 3.8) is 0 Å². The quantitative estimate of drug-likeness (QED) is 0.617. The molecule has 0 aromatic carbocycles. The van der Waals surface area contributed by atoms with Gasteiger partial charge in [0.25, 0.3) is 0 Å². The van der Waals surface area contributed by atoms with Crippen molar-refractivity contribution < 1.29 is 26.2 Å². The Morgan fingerprint density at radius 3 is 2.13 bits per heavy atom. The second-order valence-electron chi connectivity index (χ2n) is 3.54. The summed E-state index contributed by atoms with van der Waals surface area (Å²) in [5, 5.41) is 3.04. The summed E-state index contributed by atoms with van der Waals surface area (Å²) in [5.74, 6) is 0. The Hall–Kier alpha value is 0.143. The van der Waals surface area contributed by atoms with Gasteiger partial charge in [-0.25, -0.2) is 20.3 Å². The van der Waals surface area contributed by atoms with Gasteiger partial charge in [0.2, 0.25) is 0 Å². The number of hydrogen-bond acceptors (Lipinski definition) is 0. The molecular weight excluding hydrogens is 278 g/mol. The van der Waals surface area contributed by atoms with Gasteiger partial charge in [-0.05, 0) is 0 Å². The fourth-order valence-corrected chi connectivity index (χ4v) is 2.48. The first-order valence-corrected chi connectivity index (χ1v) is 5.81. The van der Waals surface area contributed by atoms with Crippen LogP contribution in [0.25, 0.3) is 0 Å². The molecule has 15 heavy (non-hydrogen) atoms. The van der Waals surface area contributed by atoms with Crippen molar-refractivity contribution in [3.05, 3.63) is 46.0 Å². The molecule has 1 aromatic heterocycles. The smallest absolute Gasteiger partial charge is 0.273 e. The van der Waals surface area contributed by atoms with Crippen molar-refractivity contribution in [2.45, 2.75) is 34.1 Å². The van der Waals surface area contributed by atoms with E-state index in [1.807, 2.05) is 12.2 Å². The van der Waals surface area contributed by atoms with Crippen LogP contribution in [0.3, 0.4) is 0 Å². The molecule has 0 nitrogen and oxygen atoms in total.